The topological polar surface area (TPSA) is 69.7 Å². The van der Waals surface area contributed by atoms with Crippen molar-refractivity contribution >= 4 is 43.8 Å². The quantitative estimate of drug-likeness (QED) is 0.182. The third-order valence-corrected chi connectivity index (χ3v) is 5.18. The smallest absolute Gasteiger partial charge is 0.379 e. The fourth-order valence-electron chi connectivity index (χ4n) is 3.25. The first-order valence-corrected chi connectivity index (χ1v) is 9.91. The highest BCUT2D eigenvalue weighted by Gasteiger charge is 2.16. The molecule has 0 fully saturated rings. The van der Waals surface area contributed by atoms with Gasteiger partial charge in [-0.2, -0.15) is 0 Å². The number of halogens is 1. The molecule has 0 saturated heterocycles. The average Bonchev–Trinajstić information content (AvgIpc) is 3.17. The number of furan rings is 1. The van der Waals surface area contributed by atoms with Crippen LogP contribution in [0.4, 0.5) is 0 Å². The maximum Gasteiger partial charge on any atom is 0.379 e. The Hall–Kier alpha value is -3.64. The monoisotopic (exact) mass is 460 g/mol. The van der Waals surface area contributed by atoms with E-state index >= 15 is 0 Å². The number of hydrogen-bond acceptors (Lipinski definition) is 5. The van der Waals surface area contributed by atoms with Crippen molar-refractivity contribution in [2.45, 2.75) is 0 Å². The highest BCUT2D eigenvalue weighted by atomic mass is 79.9. The first-order chi connectivity index (χ1) is 14.6. The fraction of sp³-hybridized carbons (Fsp3) is 0. The van der Waals surface area contributed by atoms with Crippen molar-refractivity contribution in [2.75, 3.05) is 0 Å². The van der Waals surface area contributed by atoms with Crippen LogP contribution in [0.5, 0.6) is 5.75 Å². The molecule has 0 unspecified atom stereocenters. The minimum Gasteiger partial charge on any atom is -0.449 e. The van der Waals surface area contributed by atoms with E-state index in [0.717, 1.165) is 20.8 Å². The first kappa shape index (κ1) is 18.4. The molecular weight excluding hydrogens is 448 g/mol. The third-order valence-electron chi connectivity index (χ3n) is 4.68. The van der Waals surface area contributed by atoms with Gasteiger partial charge in [0, 0.05) is 21.3 Å². The van der Waals surface area contributed by atoms with Crippen molar-refractivity contribution in [3.8, 4) is 16.9 Å². The highest BCUT2D eigenvalue weighted by molar-refractivity contribution is 9.10. The molecular formula is C24H13BrO5. The molecule has 2 aromatic heterocycles. The molecule has 5 aromatic rings. The molecule has 6 heteroatoms. The van der Waals surface area contributed by atoms with E-state index in [2.05, 4.69) is 15.9 Å². The standard InChI is InChI=1S/C24H13BrO5/c25-17-7-9-20-16(10-17)12-22(29-20)24(27)28-18-8-6-15-11-19(14-4-2-1-3-5-14)23(26)30-21(15)13-18/h1-13H. The van der Waals surface area contributed by atoms with Gasteiger partial charge in [-0.3, -0.25) is 0 Å². The number of fused-ring (bicyclic) bond motifs is 2. The summed E-state index contributed by atoms with van der Waals surface area (Å²) in [6.07, 6.45) is 0. The summed E-state index contributed by atoms with van der Waals surface area (Å²) in [5.41, 5.74) is 1.71. The molecule has 146 valence electrons. The van der Waals surface area contributed by atoms with Gasteiger partial charge < -0.3 is 13.6 Å². The molecule has 0 radical (unpaired) electrons. The zero-order valence-electron chi connectivity index (χ0n) is 15.4. The van der Waals surface area contributed by atoms with Gasteiger partial charge in [0.05, 0.1) is 5.56 Å². The van der Waals surface area contributed by atoms with Gasteiger partial charge in [-0.15, -0.1) is 0 Å². The van der Waals surface area contributed by atoms with Gasteiger partial charge in [0.15, 0.2) is 0 Å². The second-order valence-electron chi connectivity index (χ2n) is 6.70. The second-order valence-corrected chi connectivity index (χ2v) is 7.61. The van der Waals surface area contributed by atoms with Crippen LogP contribution in [0.2, 0.25) is 0 Å². The minimum absolute atomic E-state index is 0.0871. The Morgan fingerprint density at radius 2 is 1.63 bits per heavy atom. The summed E-state index contributed by atoms with van der Waals surface area (Å²) in [7, 11) is 0. The van der Waals surface area contributed by atoms with Crippen molar-refractivity contribution in [1.82, 2.24) is 0 Å². The average molecular weight is 461 g/mol. The number of carbonyl (C=O) groups is 1. The highest BCUT2D eigenvalue weighted by Crippen LogP contribution is 2.27. The third kappa shape index (κ3) is 3.42. The lowest BCUT2D eigenvalue weighted by Crippen LogP contribution is -2.07. The Bertz CT molecular complexity index is 1460. The number of ether oxygens (including phenoxy) is 1. The summed E-state index contributed by atoms with van der Waals surface area (Å²) in [5, 5.41) is 1.51. The molecule has 0 spiro atoms. The van der Waals surface area contributed by atoms with Crippen molar-refractivity contribution in [2.24, 2.45) is 0 Å². The van der Waals surface area contributed by atoms with Crippen LogP contribution >= 0.6 is 15.9 Å². The number of hydrogen-bond donors (Lipinski definition) is 0. The van der Waals surface area contributed by atoms with Gasteiger partial charge in [-0.25, -0.2) is 9.59 Å². The lowest BCUT2D eigenvalue weighted by molar-refractivity contribution is 0.0704. The van der Waals surface area contributed by atoms with Gasteiger partial charge in [0.25, 0.3) is 0 Å². The van der Waals surface area contributed by atoms with Gasteiger partial charge in [0.2, 0.25) is 5.76 Å². The number of benzene rings is 3. The molecule has 0 amide bonds. The van der Waals surface area contributed by atoms with Gasteiger partial charge in [-0.1, -0.05) is 46.3 Å². The predicted molar refractivity (Wildman–Crippen MR) is 117 cm³/mol. The molecule has 3 aromatic carbocycles. The zero-order valence-corrected chi connectivity index (χ0v) is 17.0. The molecule has 30 heavy (non-hydrogen) atoms. The minimum atomic E-state index is -0.634. The van der Waals surface area contributed by atoms with Crippen LogP contribution in [0.15, 0.2) is 97.0 Å². The number of rotatable bonds is 3. The lowest BCUT2D eigenvalue weighted by atomic mass is 10.1. The van der Waals surface area contributed by atoms with E-state index in [0.29, 0.717) is 16.7 Å². The first-order valence-electron chi connectivity index (χ1n) is 9.11. The van der Waals surface area contributed by atoms with E-state index < -0.39 is 11.6 Å². The van der Waals surface area contributed by atoms with E-state index in [9.17, 15) is 9.59 Å². The maximum absolute atomic E-state index is 12.5. The largest absolute Gasteiger partial charge is 0.449 e. The number of carbonyl (C=O) groups excluding carboxylic acids is 1. The van der Waals surface area contributed by atoms with Crippen LogP contribution in [-0.4, -0.2) is 5.97 Å². The SMILES string of the molecule is O=C(Oc1ccc2cc(-c3ccccc3)c(=O)oc2c1)c1cc2cc(Br)ccc2o1. The normalized spacial score (nSPS) is 11.1. The molecule has 0 bridgehead atoms. The summed E-state index contributed by atoms with van der Waals surface area (Å²) in [6, 6.07) is 23.0. The fourth-order valence-corrected chi connectivity index (χ4v) is 3.62. The van der Waals surface area contributed by atoms with Crippen LogP contribution in [0.1, 0.15) is 10.6 Å². The number of esters is 1. The Kier molecular flexibility index (Phi) is 4.48. The molecule has 0 aliphatic heterocycles. The van der Waals surface area contributed by atoms with Crippen molar-refractivity contribution in [3.05, 3.63) is 99.5 Å². The molecule has 0 N–H and O–H groups in total. The summed E-state index contributed by atoms with van der Waals surface area (Å²) in [4.78, 5) is 24.9. The van der Waals surface area contributed by atoms with Crippen LogP contribution < -0.4 is 10.4 Å². The van der Waals surface area contributed by atoms with Crippen LogP contribution in [0.3, 0.4) is 0 Å². The zero-order chi connectivity index (χ0) is 20.7. The van der Waals surface area contributed by atoms with E-state index in [-0.39, 0.29) is 11.5 Å². The Morgan fingerprint density at radius 3 is 2.47 bits per heavy atom. The van der Waals surface area contributed by atoms with Gasteiger partial charge in [-0.05, 0) is 48.0 Å². The van der Waals surface area contributed by atoms with Crippen LogP contribution in [-0.2, 0) is 0 Å². The van der Waals surface area contributed by atoms with Crippen molar-refractivity contribution in [3.63, 3.8) is 0 Å². The molecule has 2 heterocycles. The Labute approximate surface area is 178 Å². The Balaban J connectivity index is 1.46. The summed E-state index contributed by atoms with van der Waals surface area (Å²) in [6.45, 7) is 0. The molecule has 5 rings (SSSR count). The second kappa shape index (κ2) is 7.31. The molecule has 0 aliphatic carbocycles. The van der Waals surface area contributed by atoms with Gasteiger partial charge in [0.1, 0.15) is 16.9 Å². The van der Waals surface area contributed by atoms with Crippen molar-refractivity contribution < 1.29 is 18.4 Å². The van der Waals surface area contributed by atoms with E-state index in [1.54, 1.807) is 30.3 Å². The van der Waals surface area contributed by atoms with E-state index in [1.807, 2.05) is 42.5 Å². The summed E-state index contributed by atoms with van der Waals surface area (Å²) >= 11 is 3.39. The lowest BCUT2D eigenvalue weighted by Gasteiger charge is -2.05. The van der Waals surface area contributed by atoms with Crippen LogP contribution in [0, 0.1) is 0 Å². The van der Waals surface area contributed by atoms with E-state index in [1.165, 1.54) is 6.07 Å². The van der Waals surface area contributed by atoms with Crippen LogP contribution in [0.25, 0.3) is 33.1 Å². The van der Waals surface area contributed by atoms with Crippen molar-refractivity contribution in [1.29, 1.82) is 0 Å². The molecule has 0 atom stereocenters. The summed E-state index contributed by atoms with van der Waals surface area (Å²) in [5.74, 6) is -0.293. The molecule has 5 nitrogen and oxygen atoms in total. The Morgan fingerprint density at radius 1 is 0.800 bits per heavy atom. The predicted octanol–water partition coefficient (Wildman–Crippen LogP) is 6.19. The summed E-state index contributed by atoms with van der Waals surface area (Å²) < 4.78 is 17.3. The van der Waals surface area contributed by atoms with E-state index in [4.69, 9.17) is 13.6 Å². The van der Waals surface area contributed by atoms with Gasteiger partial charge >= 0.3 is 11.6 Å². The maximum atomic E-state index is 12.5. The molecule has 0 saturated carbocycles. The molecule has 0 aliphatic rings.